The Morgan fingerprint density at radius 2 is 2.00 bits per heavy atom. The molecular weight excluding hydrogens is 380 g/mol. The van der Waals surface area contributed by atoms with Gasteiger partial charge in [0.25, 0.3) is 11.7 Å². The summed E-state index contributed by atoms with van der Waals surface area (Å²) in [5, 5.41) is 11.4. The maximum atomic E-state index is 12.9. The van der Waals surface area contributed by atoms with Gasteiger partial charge in [-0.3, -0.25) is 14.6 Å². The van der Waals surface area contributed by atoms with Crippen molar-refractivity contribution in [3.63, 3.8) is 0 Å². The van der Waals surface area contributed by atoms with Crippen LogP contribution in [0.25, 0.3) is 5.76 Å². The highest BCUT2D eigenvalue weighted by Gasteiger charge is 2.47. The quantitative estimate of drug-likeness (QED) is 0.485. The molecule has 0 radical (unpaired) electrons. The van der Waals surface area contributed by atoms with Gasteiger partial charge in [-0.2, -0.15) is 0 Å². The number of ketones is 1. The molecule has 3 heterocycles. The topological polar surface area (TPSA) is 79.7 Å². The summed E-state index contributed by atoms with van der Waals surface area (Å²) >= 11 is 5.92. The number of pyridine rings is 1. The van der Waals surface area contributed by atoms with Crippen molar-refractivity contribution in [2.75, 3.05) is 13.2 Å². The zero-order chi connectivity index (χ0) is 19.7. The summed E-state index contributed by atoms with van der Waals surface area (Å²) < 4.78 is 5.66. The van der Waals surface area contributed by atoms with E-state index >= 15 is 0 Å². The number of aliphatic hydroxyl groups is 1. The number of hydrogen-bond donors (Lipinski definition) is 1. The first-order valence-corrected chi connectivity index (χ1v) is 9.51. The highest BCUT2D eigenvalue weighted by atomic mass is 35.5. The molecule has 0 bridgehead atoms. The maximum absolute atomic E-state index is 12.9. The first-order chi connectivity index (χ1) is 13.6. The lowest BCUT2D eigenvalue weighted by Crippen LogP contribution is -2.36. The lowest BCUT2D eigenvalue weighted by atomic mass is 9.98. The average molecular weight is 399 g/mol. The summed E-state index contributed by atoms with van der Waals surface area (Å²) in [6.07, 6.45) is 3.23. The maximum Gasteiger partial charge on any atom is 0.295 e. The molecule has 2 aromatic rings. The van der Waals surface area contributed by atoms with Gasteiger partial charge in [0.05, 0.1) is 17.4 Å². The smallest absolute Gasteiger partial charge is 0.295 e. The number of halogens is 1. The molecule has 6 nitrogen and oxygen atoms in total. The van der Waals surface area contributed by atoms with Crippen LogP contribution in [0.3, 0.4) is 0 Å². The molecule has 2 atom stereocenters. The Bertz CT molecular complexity index is 921. The van der Waals surface area contributed by atoms with Gasteiger partial charge in [-0.15, -0.1) is 0 Å². The Morgan fingerprint density at radius 3 is 2.64 bits per heavy atom. The van der Waals surface area contributed by atoms with Crippen LogP contribution >= 0.6 is 11.6 Å². The number of aliphatic hydroxyl groups excluding tert-OH is 1. The van der Waals surface area contributed by atoms with Crippen molar-refractivity contribution >= 4 is 29.1 Å². The second-order valence-electron chi connectivity index (χ2n) is 6.85. The van der Waals surface area contributed by atoms with Crippen LogP contribution in [0.5, 0.6) is 0 Å². The minimum absolute atomic E-state index is 0.0315. The zero-order valence-electron chi connectivity index (χ0n) is 15.0. The van der Waals surface area contributed by atoms with Gasteiger partial charge in [0, 0.05) is 29.9 Å². The number of amides is 1. The van der Waals surface area contributed by atoms with Crippen molar-refractivity contribution in [1.29, 1.82) is 0 Å². The van der Waals surface area contributed by atoms with E-state index in [4.69, 9.17) is 16.3 Å². The Labute approximate surface area is 167 Å². The van der Waals surface area contributed by atoms with Crippen LogP contribution < -0.4 is 0 Å². The second-order valence-corrected chi connectivity index (χ2v) is 7.28. The molecule has 1 aromatic carbocycles. The molecule has 2 aliphatic heterocycles. The van der Waals surface area contributed by atoms with E-state index in [1.807, 2.05) is 0 Å². The van der Waals surface area contributed by atoms with Gasteiger partial charge in [0.2, 0.25) is 0 Å². The van der Waals surface area contributed by atoms with Crippen molar-refractivity contribution in [3.05, 3.63) is 70.5 Å². The number of carbonyl (C=O) groups excluding carboxylic acids is 2. The number of benzene rings is 1. The third-order valence-electron chi connectivity index (χ3n) is 5.05. The van der Waals surface area contributed by atoms with E-state index in [0.29, 0.717) is 22.9 Å². The molecule has 28 heavy (non-hydrogen) atoms. The fourth-order valence-electron chi connectivity index (χ4n) is 3.68. The van der Waals surface area contributed by atoms with Crippen LogP contribution in [-0.4, -0.2) is 45.9 Å². The lowest BCUT2D eigenvalue weighted by molar-refractivity contribution is -0.140. The van der Waals surface area contributed by atoms with E-state index in [2.05, 4.69) is 4.98 Å². The third kappa shape index (κ3) is 3.41. The minimum Gasteiger partial charge on any atom is -0.507 e. The average Bonchev–Trinajstić information content (AvgIpc) is 3.31. The van der Waals surface area contributed by atoms with Crippen LogP contribution in [0.15, 0.2) is 54.2 Å². The van der Waals surface area contributed by atoms with E-state index in [0.717, 1.165) is 12.8 Å². The Balaban J connectivity index is 1.80. The van der Waals surface area contributed by atoms with Crippen LogP contribution in [0, 0.1) is 0 Å². The minimum atomic E-state index is -0.763. The summed E-state index contributed by atoms with van der Waals surface area (Å²) in [6, 6.07) is 11.0. The highest BCUT2D eigenvalue weighted by Crippen LogP contribution is 2.39. The molecule has 4 rings (SSSR count). The van der Waals surface area contributed by atoms with Crippen molar-refractivity contribution in [2.24, 2.45) is 0 Å². The summed E-state index contributed by atoms with van der Waals surface area (Å²) in [7, 11) is 0. The molecule has 0 spiro atoms. The molecule has 7 heteroatoms. The Morgan fingerprint density at radius 1 is 1.21 bits per heavy atom. The Kier molecular flexibility index (Phi) is 5.15. The number of Topliss-reactive ketones (excluding diaryl/α,β-unsaturated/α-hetero) is 1. The first kappa shape index (κ1) is 18.7. The second kappa shape index (κ2) is 7.73. The van der Waals surface area contributed by atoms with Gasteiger partial charge >= 0.3 is 0 Å². The zero-order valence-corrected chi connectivity index (χ0v) is 15.8. The van der Waals surface area contributed by atoms with Crippen molar-refractivity contribution in [2.45, 2.75) is 25.0 Å². The summed E-state index contributed by atoms with van der Waals surface area (Å²) in [6.45, 7) is 0.927. The standard InChI is InChI=1S/C21H19ClN2O4/c22-14-8-6-13(7-9-14)19(25)17-18(16-5-1-2-10-23-16)24(21(27)20(17)26)12-15-4-3-11-28-15/h1-2,5-10,15,18,25H,3-4,11-12H2/b19-17-. The van der Waals surface area contributed by atoms with Gasteiger partial charge in [-0.25, -0.2) is 0 Å². The molecule has 1 aromatic heterocycles. The fourth-order valence-corrected chi connectivity index (χ4v) is 3.81. The predicted molar refractivity (Wildman–Crippen MR) is 104 cm³/mol. The van der Waals surface area contributed by atoms with Crippen molar-refractivity contribution in [1.82, 2.24) is 9.88 Å². The first-order valence-electron chi connectivity index (χ1n) is 9.13. The molecule has 144 valence electrons. The molecule has 2 fully saturated rings. The van der Waals surface area contributed by atoms with E-state index in [9.17, 15) is 14.7 Å². The van der Waals surface area contributed by atoms with Gasteiger partial charge < -0.3 is 14.7 Å². The molecule has 2 unspecified atom stereocenters. The number of nitrogens with zero attached hydrogens (tertiary/aromatic N) is 2. The molecule has 0 aliphatic carbocycles. The van der Waals surface area contributed by atoms with Crippen molar-refractivity contribution < 1.29 is 19.4 Å². The van der Waals surface area contributed by atoms with E-state index in [1.54, 1.807) is 48.7 Å². The van der Waals surface area contributed by atoms with Crippen LogP contribution in [-0.2, 0) is 14.3 Å². The van der Waals surface area contributed by atoms with Crippen LogP contribution in [0.2, 0.25) is 5.02 Å². The summed E-state index contributed by atoms with van der Waals surface area (Å²) in [5.74, 6) is -1.61. The number of likely N-dealkylation sites (tertiary alicyclic amines) is 1. The number of ether oxygens (including phenoxy) is 1. The molecule has 2 aliphatic rings. The van der Waals surface area contributed by atoms with Gasteiger partial charge in [0.15, 0.2) is 0 Å². The molecule has 1 amide bonds. The third-order valence-corrected chi connectivity index (χ3v) is 5.30. The molecule has 1 N–H and O–H groups in total. The van der Waals surface area contributed by atoms with E-state index < -0.39 is 17.7 Å². The lowest BCUT2D eigenvalue weighted by Gasteiger charge is -2.26. The number of rotatable bonds is 4. The largest absolute Gasteiger partial charge is 0.507 e. The van der Waals surface area contributed by atoms with Crippen molar-refractivity contribution in [3.8, 4) is 0 Å². The SMILES string of the molecule is O=C1C(=O)N(CC2CCCO2)C(c2ccccn2)/C1=C(/O)c1ccc(Cl)cc1. The van der Waals surface area contributed by atoms with E-state index in [-0.39, 0.29) is 24.0 Å². The number of carbonyl (C=O) groups is 2. The molecule has 0 saturated carbocycles. The molecular formula is C21H19ClN2O4. The summed E-state index contributed by atoms with van der Waals surface area (Å²) in [5.41, 5.74) is 0.972. The predicted octanol–water partition coefficient (Wildman–Crippen LogP) is 3.34. The summed E-state index contributed by atoms with van der Waals surface area (Å²) in [4.78, 5) is 31.5. The normalized spacial score (nSPS) is 24.1. The van der Waals surface area contributed by atoms with Crippen LogP contribution in [0.1, 0.15) is 30.1 Å². The van der Waals surface area contributed by atoms with Gasteiger partial charge in [-0.05, 0) is 49.2 Å². The van der Waals surface area contributed by atoms with Gasteiger partial charge in [-0.1, -0.05) is 17.7 Å². The monoisotopic (exact) mass is 398 g/mol. The van der Waals surface area contributed by atoms with Gasteiger partial charge in [0.1, 0.15) is 11.8 Å². The number of aromatic nitrogens is 1. The highest BCUT2D eigenvalue weighted by molar-refractivity contribution is 6.46. The molecule has 2 saturated heterocycles. The Hall–Kier alpha value is -2.70. The fraction of sp³-hybridized carbons (Fsp3) is 0.286. The van der Waals surface area contributed by atoms with Crippen LogP contribution in [0.4, 0.5) is 0 Å². The van der Waals surface area contributed by atoms with E-state index in [1.165, 1.54) is 4.90 Å². The number of hydrogen-bond acceptors (Lipinski definition) is 5.